The van der Waals surface area contributed by atoms with Crippen LogP contribution in [-0.2, 0) is 11.2 Å². The molecule has 3 heterocycles. The topological polar surface area (TPSA) is 82.7 Å². The number of rotatable bonds is 11. The predicted octanol–water partition coefficient (Wildman–Crippen LogP) is 4.98. The van der Waals surface area contributed by atoms with Gasteiger partial charge in [0.1, 0.15) is 17.9 Å². The van der Waals surface area contributed by atoms with Crippen molar-refractivity contribution in [1.29, 1.82) is 0 Å². The number of halogens is 1. The predicted molar refractivity (Wildman–Crippen MR) is 165 cm³/mol. The Hall–Kier alpha value is -2.46. The van der Waals surface area contributed by atoms with Gasteiger partial charge in [-0.25, -0.2) is 0 Å². The molecule has 40 heavy (non-hydrogen) atoms. The molecule has 2 saturated heterocycles. The number of carbonyl (C=O) groups is 2. The van der Waals surface area contributed by atoms with Crippen LogP contribution in [0.4, 0.5) is 0 Å². The van der Waals surface area contributed by atoms with Crippen molar-refractivity contribution < 1.29 is 14.3 Å². The first kappa shape index (κ1) is 29.0. The van der Waals surface area contributed by atoms with E-state index in [1.165, 1.54) is 16.9 Å². The summed E-state index contributed by atoms with van der Waals surface area (Å²) in [6.45, 7) is 8.77. The van der Waals surface area contributed by atoms with Crippen molar-refractivity contribution in [2.45, 2.75) is 57.7 Å². The van der Waals surface area contributed by atoms with Crippen LogP contribution in [-0.4, -0.2) is 67.6 Å². The van der Waals surface area contributed by atoms with E-state index in [9.17, 15) is 9.59 Å². The van der Waals surface area contributed by atoms with E-state index < -0.39 is 6.04 Å². The van der Waals surface area contributed by atoms with E-state index in [2.05, 4.69) is 68.8 Å². The molecule has 0 aliphatic carbocycles. The Morgan fingerprint density at radius 2 is 2.02 bits per heavy atom. The van der Waals surface area contributed by atoms with Crippen LogP contribution in [0.2, 0.25) is 0 Å². The normalized spacial score (nSPS) is 20.2. The summed E-state index contributed by atoms with van der Waals surface area (Å²) >= 11 is 5.14. The van der Waals surface area contributed by atoms with Gasteiger partial charge < -0.3 is 25.6 Å². The number of benzene rings is 2. The minimum Gasteiger partial charge on any atom is -0.488 e. The molecule has 2 aliphatic rings. The average molecular weight is 628 g/mol. The van der Waals surface area contributed by atoms with E-state index in [0.29, 0.717) is 11.3 Å². The van der Waals surface area contributed by atoms with E-state index in [-0.39, 0.29) is 29.9 Å². The Kier molecular flexibility index (Phi) is 9.78. The maximum absolute atomic E-state index is 13.3. The van der Waals surface area contributed by atoms with Gasteiger partial charge in [-0.15, -0.1) is 11.3 Å². The molecule has 2 amide bonds. The van der Waals surface area contributed by atoms with Gasteiger partial charge in [-0.1, -0.05) is 38.1 Å². The minimum atomic E-state index is -0.551. The maximum Gasteiger partial charge on any atom is 0.262 e. The fourth-order valence-corrected chi connectivity index (χ4v) is 6.96. The number of amides is 2. The molecule has 5 rings (SSSR count). The highest BCUT2D eigenvalue weighted by atomic mass is 79.9. The molecular formula is C31H39BrN4O3S. The fraction of sp³-hybridized carbons (Fsp3) is 0.484. The summed E-state index contributed by atoms with van der Waals surface area (Å²) in [5, 5.41) is 10.6. The summed E-state index contributed by atoms with van der Waals surface area (Å²) in [5.74, 6) is 0.908. The number of carbonyl (C=O) groups excluding carboxylic acids is 2. The van der Waals surface area contributed by atoms with Gasteiger partial charge in [-0.3, -0.25) is 9.59 Å². The molecule has 9 heteroatoms. The number of fused-ring (bicyclic) bond motifs is 1. The molecule has 0 radical (unpaired) electrons. The highest BCUT2D eigenvalue weighted by molar-refractivity contribution is 9.10. The molecule has 0 spiro atoms. The SMILES string of the molecule is CC(C)C[C@H](NC(=O)c1cc2ccccc2s1)C(=O)N[C@H]1CCN(CCc2ccc(O[C@@H]3CCNC3)c(Br)c2)C1. The number of hydrogen-bond donors (Lipinski definition) is 3. The summed E-state index contributed by atoms with van der Waals surface area (Å²) < 4.78 is 8.18. The van der Waals surface area contributed by atoms with Gasteiger partial charge >= 0.3 is 0 Å². The van der Waals surface area contributed by atoms with Gasteiger partial charge in [0, 0.05) is 36.9 Å². The van der Waals surface area contributed by atoms with Gasteiger partial charge in [0.25, 0.3) is 5.91 Å². The minimum absolute atomic E-state index is 0.0888. The van der Waals surface area contributed by atoms with Gasteiger partial charge in [-0.05, 0) is 89.3 Å². The Morgan fingerprint density at radius 3 is 2.77 bits per heavy atom. The highest BCUT2D eigenvalue weighted by Gasteiger charge is 2.29. The van der Waals surface area contributed by atoms with Crippen LogP contribution in [0, 0.1) is 5.92 Å². The number of hydrogen-bond acceptors (Lipinski definition) is 6. The third-order valence-corrected chi connectivity index (χ3v) is 9.35. The van der Waals surface area contributed by atoms with Gasteiger partial charge in [-0.2, -0.15) is 0 Å². The van der Waals surface area contributed by atoms with E-state index in [1.54, 1.807) is 0 Å². The quantitative estimate of drug-likeness (QED) is 0.280. The number of thiophene rings is 1. The first-order chi connectivity index (χ1) is 19.3. The van der Waals surface area contributed by atoms with Crippen LogP contribution in [0.3, 0.4) is 0 Å². The molecule has 0 saturated carbocycles. The van der Waals surface area contributed by atoms with Gasteiger partial charge in [0.2, 0.25) is 5.91 Å². The van der Waals surface area contributed by atoms with Gasteiger partial charge in [0.05, 0.1) is 9.35 Å². The molecule has 0 bridgehead atoms. The lowest BCUT2D eigenvalue weighted by Gasteiger charge is -2.23. The van der Waals surface area contributed by atoms with Crippen molar-refractivity contribution in [1.82, 2.24) is 20.9 Å². The van der Waals surface area contributed by atoms with E-state index in [0.717, 1.165) is 72.3 Å². The van der Waals surface area contributed by atoms with Crippen LogP contribution < -0.4 is 20.7 Å². The molecule has 3 N–H and O–H groups in total. The lowest BCUT2D eigenvalue weighted by atomic mass is 10.0. The van der Waals surface area contributed by atoms with Crippen molar-refractivity contribution in [3.8, 4) is 5.75 Å². The van der Waals surface area contributed by atoms with E-state index in [4.69, 9.17) is 4.74 Å². The molecular weight excluding hydrogens is 588 g/mol. The van der Waals surface area contributed by atoms with E-state index in [1.807, 2.05) is 30.3 Å². The van der Waals surface area contributed by atoms with Gasteiger partial charge in [0.15, 0.2) is 0 Å². The molecule has 2 fully saturated rings. The Bertz CT molecular complexity index is 1290. The smallest absolute Gasteiger partial charge is 0.262 e. The first-order valence-electron chi connectivity index (χ1n) is 14.3. The second kappa shape index (κ2) is 13.5. The summed E-state index contributed by atoms with van der Waals surface area (Å²) in [7, 11) is 0. The summed E-state index contributed by atoms with van der Waals surface area (Å²) in [4.78, 5) is 29.4. The lowest BCUT2D eigenvalue weighted by molar-refractivity contribution is -0.124. The van der Waals surface area contributed by atoms with Crippen molar-refractivity contribution in [2.75, 3.05) is 32.7 Å². The number of likely N-dealkylation sites (tertiary alicyclic amines) is 1. The zero-order valence-electron chi connectivity index (χ0n) is 23.3. The second-order valence-electron chi connectivity index (χ2n) is 11.3. The third-order valence-electron chi connectivity index (χ3n) is 7.62. The first-order valence-corrected chi connectivity index (χ1v) is 15.9. The number of ether oxygens (including phenoxy) is 1. The molecule has 3 atom stereocenters. The largest absolute Gasteiger partial charge is 0.488 e. The second-order valence-corrected chi connectivity index (χ2v) is 13.3. The molecule has 214 valence electrons. The van der Waals surface area contributed by atoms with Crippen molar-refractivity contribution in [3.63, 3.8) is 0 Å². The van der Waals surface area contributed by atoms with Crippen LogP contribution in [0.25, 0.3) is 10.1 Å². The zero-order valence-corrected chi connectivity index (χ0v) is 25.7. The van der Waals surface area contributed by atoms with Crippen molar-refractivity contribution >= 4 is 49.2 Å². The summed E-state index contributed by atoms with van der Waals surface area (Å²) in [5.41, 5.74) is 1.26. The average Bonchev–Trinajstić information content (AvgIpc) is 3.69. The monoisotopic (exact) mass is 626 g/mol. The Labute approximate surface area is 249 Å². The molecule has 7 nitrogen and oxygen atoms in total. The molecule has 0 unspecified atom stereocenters. The Morgan fingerprint density at radius 1 is 1.18 bits per heavy atom. The maximum atomic E-state index is 13.3. The van der Waals surface area contributed by atoms with Crippen molar-refractivity contribution in [2.24, 2.45) is 5.92 Å². The lowest BCUT2D eigenvalue weighted by Crippen LogP contribution is -2.50. The molecule has 2 aromatic carbocycles. The third kappa shape index (κ3) is 7.63. The molecule has 1 aromatic heterocycles. The molecule has 2 aliphatic heterocycles. The standard InChI is InChI=1S/C31H39BrN4O3S/c1-20(2)15-26(35-31(38)29-17-22-5-3-4-6-28(22)40-29)30(37)34-23-11-14-36(19-23)13-10-21-7-8-27(25(32)16-21)39-24-9-12-33-18-24/h3-8,16-17,20,23-24,26,33H,9-15,18-19H2,1-2H3,(H,34,37)(H,35,38)/t23-,24+,26-/m0/s1. The fourth-order valence-electron chi connectivity index (χ4n) is 5.47. The van der Waals surface area contributed by atoms with Crippen LogP contribution in [0.5, 0.6) is 5.75 Å². The van der Waals surface area contributed by atoms with Crippen LogP contribution in [0.15, 0.2) is 53.0 Å². The summed E-state index contributed by atoms with van der Waals surface area (Å²) in [6.07, 6.45) is 3.73. The number of nitrogens with one attached hydrogen (secondary N) is 3. The molecule has 3 aromatic rings. The van der Waals surface area contributed by atoms with E-state index >= 15 is 0 Å². The van der Waals surface area contributed by atoms with Crippen LogP contribution in [0.1, 0.15) is 48.3 Å². The van der Waals surface area contributed by atoms with Crippen LogP contribution >= 0.6 is 27.3 Å². The van der Waals surface area contributed by atoms with Crippen molar-refractivity contribution in [3.05, 3.63) is 63.4 Å². The number of nitrogens with zero attached hydrogens (tertiary/aromatic N) is 1. The Balaban J connectivity index is 1.11. The zero-order chi connectivity index (χ0) is 28.1. The summed E-state index contributed by atoms with van der Waals surface area (Å²) in [6, 6.07) is 15.8. The highest BCUT2D eigenvalue weighted by Crippen LogP contribution is 2.28.